The van der Waals surface area contributed by atoms with Crippen LogP contribution < -0.4 is 10.6 Å². The minimum Gasteiger partial charge on any atom is -0.381 e. The zero-order valence-electron chi connectivity index (χ0n) is 7.39. The summed E-state index contributed by atoms with van der Waals surface area (Å²) in [5, 5.41) is 6.86. The third kappa shape index (κ3) is 2.57. The summed E-state index contributed by atoms with van der Waals surface area (Å²) in [6, 6.07) is 9.11. The second kappa shape index (κ2) is 4.28. The molecule has 1 aromatic rings. The third-order valence-corrected chi connectivity index (χ3v) is 2.93. The molecule has 1 aromatic carbocycles. The Balaban J connectivity index is 2.00. The third-order valence-electron chi connectivity index (χ3n) is 2.26. The van der Waals surface area contributed by atoms with Crippen LogP contribution in [0.1, 0.15) is 6.42 Å². The predicted molar refractivity (Wildman–Crippen MR) is 64.1 cm³/mol. The number of halogens is 1. The highest BCUT2D eigenvalue weighted by molar-refractivity contribution is 14.1. The molecular formula is C10H13IN2. The molecule has 0 amide bonds. The topological polar surface area (TPSA) is 24.1 Å². The van der Waals surface area contributed by atoms with Crippen LogP contribution in [0.2, 0.25) is 0 Å². The molecule has 1 heterocycles. The van der Waals surface area contributed by atoms with Gasteiger partial charge in [0.15, 0.2) is 0 Å². The largest absolute Gasteiger partial charge is 0.381 e. The summed E-state index contributed by atoms with van der Waals surface area (Å²) >= 11 is 2.34. The van der Waals surface area contributed by atoms with Crippen molar-refractivity contribution < 1.29 is 0 Å². The second-order valence-corrected chi connectivity index (χ2v) is 4.59. The fraction of sp³-hybridized carbons (Fsp3) is 0.400. The average Bonchev–Trinajstić information content (AvgIpc) is 2.57. The first-order valence-corrected chi connectivity index (χ1v) is 5.65. The molecule has 0 saturated carbocycles. The van der Waals surface area contributed by atoms with Gasteiger partial charge in [0.2, 0.25) is 0 Å². The molecule has 1 atom stereocenters. The van der Waals surface area contributed by atoms with E-state index < -0.39 is 0 Å². The van der Waals surface area contributed by atoms with Gasteiger partial charge in [-0.1, -0.05) is 6.07 Å². The van der Waals surface area contributed by atoms with Crippen LogP contribution in [-0.4, -0.2) is 19.1 Å². The Bertz CT molecular complexity index is 282. The van der Waals surface area contributed by atoms with Gasteiger partial charge in [-0.15, -0.1) is 0 Å². The molecule has 0 spiro atoms. The van der Waals surface area contributed by atoms with Crippen molar-refractivity contribution in [3.05, 3.63) is 27.8 Å². The van der Waals surface area contributed by atoms with E-state index in [2.05, 4.69) is 57.5 Å². The molecule has 70 valence electrons. The standard InChI is InChI=1S/C10H13IN2/c11-8-2-1-3-9(6-8)13-10-4-5-12-7-10/h1-3,6,10,12-13H,4-5,7H2. The van der Waals surface area contributed by atoms with E-state index in [1.165, 1.54) is 15.7 Å². The summed E-state index contributed by atoms with van der Waals surface area (Å²) in [5.41, 5.74) is 1.24. The van der Waals surface area contributed by atoms with E-state index in [1.54, 1.807) is 0 Å². The van der Waals surface area contributed by atoms with E-state index in [1.807, 2.05) is 0 Å². The lowest BCUT2D eigenvalue weighted by atomic mass is 10.2. The van der Waals surface area contributed by atoms with E-state index >= 15 is 0 Å². The van der Waals surface area contributed by atoms with Crippen LogP contribution in [-0.2, 0) is 0 Å². The Kier molecular flexibility index (Phi) is 3.05. The van der Waals surface area contributed by atoms with Crippen molar-refractivity contribution in [3.63, 3.8) is 0 Å². The van der Waals surface area contributed by atoms with Gasteiger partial charge in [0.05, 0.1) is 0 Å². The summed E-state index contributed by atoms with van der Waals surface area (Å²) in [7, 11) is 0. The minimum atomic E-state index is 0.609. The van der Waals surface area contributed by atoms with Crippen LogP contribution in [0.3, 0.4) is 0 Å². The Morgan fingerprint density at radius 3 is 3.08 bits per heavy atom. The van der Waals surface area contributed by atoms with E-state index in [9.17, 15) is 0 Å². The van der Waals surface area contributed by atoms with Crippen molar-refractivity contribution in [3.8, 4) is 0 Å². The molecule has 0 bridgehead atoms. The molecule has 2 rings (SSSR count). The van der Waals surface area contributed by atoms with Crippen molar-refractivity contribution in [1.82, 2.24) is 5.32 Å². The highest BCUT2D eigenvalue weighted by Crippen LogP contribution is 2.14. The molecule has 1 aliphatic heterocycles. The monoisotopic (exact) mass is 288 g/mol. The Labute approximate surface area is 92.2 Å². The molecule has 13 heavy (non-hydrogen) atoms. The summed E-state index contributed by atoms with van der Waals surface area (Å²) in [6.45, 7) is 2.23. The van der Waals surface area contributed by atoms with Gasteiger partial charge in [-0.2, -0.15) is 0 Å². The van der Waals surface area contributed by atoms with Gasteiger partial charge < -0.3 is 10.6 Å². The number of hydrogen-bond acceptors (Lipinski definition) is 2. The Morgan fingerprint density at radius 1 is 1.46 bits per heavy atom. The molecule has 2 nitrogen and oxygen atoms in total. The van der Waals surface area contributed by atoms with Crippen LogP contribution in [0, 0.1) is 3.57 Å². The molecule has 3 heteroatoms. The van der Waals surface area contributed by atoms with Crippen molar-refractivity contribution in [1.29, 1.82) is 0 Å². The SMILES string of the molecule is Ic1cccc(NC2CCNC2)c1. The summed E-state index contributed by atoms with van der Waals surface area (Å²) in [6.07, 6.45) is 1.23. The second-order valence-electron chi connectivity index (χ2n) is 3.34. The normalized spacial score (nSPS) is 21.8. The molecule has 0 aliphatic carbocycles. The first-order chi connectivity index (χ1) is 6.34. The van der Waals surface area contributed by atoms with Crippen LogP contribution in [0.25, 0.3) is 0 Å². The van der Waals surface area contributed by atoms with Gasteiger partial charge in [-0.05, 0) is 53.8 Å². The molecule has 0 aromatic heterocycles. The summed E-state index contributed by atoms with van der Waals surface area (Å²) < 4.78 is 1.29. The van der Waals surface area contributed by atoms with Gasteiger partial charge >= 0.3 is 0 Å². The molecule has 1 unspecified atom stereocenters. The Hall–Kier alpha value is -0.290. The fourth-order valence-electron chi connectivity index (χ4n) is 1.59. The molecule has 1 fully saturated rings. The maximum Gasteiger partial charge on any atom is 0.0398 e. The number of benzene rings is 1. The number of nitrogens with one attached hydrogen (secondary N) is 2. The highest BCUT2D eigenvalue weighted by Gasteiger charge is 2.13. The number of rotatable bonds is 2. The molecule has 0 radical (unpaired) electrons. The van der Waals surface area contributed by atoms with Gasteiger partial charge in [0.1, 0.15) is 0 Å². The van der Waals surface area contributed by atoms with Crippen molar-refractivity contribution in [2.75, 3.05) is 18.4 Å². The summed E-state index contributed by atoms with van der Waals surface area (Å²) in [5.74, 6) is 0. The lowest BCUT2D eigenvalue weighted by Crippen LogP contribution is -2.21. The van der Waals surface area contributed by atoms with E-state index in [4.69, 9.17) is 0 Å². The van der Waals surface area contributed by atoms with Gasteiger partial charge in [-0.3, -0.25) is 0 Å². The lowest BCUT2D eigenvalue weighted by Gasteiger charge is -2.12. The fourth-order valence-corrected chi connectivity index (χ4v) is 2.13. The molecular weight excluding hydrogens is 275 g/mol. The van der Waals surface area contributed by atoms with E-state index in [0.717, 1.165) is 13.1 Å². The number of anilines is 1. The van der Waals surface area contributed by atoms with Gasteiger partial charge in [-0.25, -0.2) is 0 Å². The quantitative estimate of drug-likeness (QED) is 0.814. The zero-order valence-corrected chi connectivity index (χ0v) is 9.54. The van der Waals surface area contributed by atoms with Crippen LogP contribution in [0.15, 0.2) is 24.3 Å². The number of hydrogen-bond donors (Lipinski definition) is 2. The predicted octanol–water partition coefficient (Wildman–Crippen LogP) is 2.06. The van der Waals surface area contributed by atoms with Gasteiger partial charge in [0, 0.05) is 21.8 Å². The maximum absolute atomic E-state index is 3.51. The smallest absolute Gasteiger partial charge is 0.0398 e. The minimum absolute atomic E-state index is 0.609. The Morgan fingerprint density at radius 2 is 2.38 bits per heavy atom. The van der Waals surface area contributed by atoms with E-state index in [-0.39, 0.29) is 0 Å². The first kappa shape index (κ1) is 9.27. The van der Waals surface area contributed by atoms with Gasteiger partial charge in [0.25, 0.3) is 0 Å². The highest BCUT2D eigenvalue weighted by atomic mass is 127. The van der Waals surface area contributed by atoms with Crippen LogP contribution >= 0.6 is 22.6 Å². The molecule has 1 saturated heterocycles. The van der Waals surface area contributed by atoms with Crippen LogP contribution in [0.5, 0.6) is 0 Å². The molecule has 1 aliphatic rings. The van der Waals surface area contributed by atoms with Crippen molar-refractivity contribution in [2.45, 2.75) is 12.5 Å². The van der Waals surface area contributed by atoms with Crippen molar-refractivity contribution in [2.24, 2.45) is 0 Å². The summed E-state index contributed by atoms with van der Waals surface area (Å²) in [4.78, 5) is 0. The lowest BCUT2D eigenvalue weighted by molar-refractivity contribution is 0.793. The van der Waals surface area contributed by atoms with E-state index in [0.29, 0.717) is 6.04 Å². The van der Waals surface area contributed by atoms with Crippen LogP contribution in [0.4, 0.5) is 5.69 Å². The average molecular weight is 288 g/mol. The first-order valence-electron chi connectivity index (χ1n) is 4.57. The maximum atomic E-state index is 3.51. The molecule has 2 N–H and O–H groups in total. The van der Waals surface area contributed by atoms with Crippen molar-refractivity contribution >= 4 is 28.3 Å². The zero-order chi connectivity index (χ0) is 9.10.